The zero-order valence-corrected chi connectivity index (χ0v) is 13.7. The van der Waals surface area contributed by atoms with Crippen molar-refractivity contribution in [2.45, 2.75) is 65.7 Å². The minimum absolute atomic E-state index is 0.199. The SMILES string of the molecule is CCC(C)C1CNC(C)(C)CN1Cc1cnn(CC)c1. The Balaban J connectivity index is 2.10. The normalized spacial score (nSPS) is 24.8. The number of hydrogen-bond donors (Lipinski definition) is 1. The fraction of sp³-hybridized carbons (Fsp3) is 0.812. The molecule has 114 valence electrons. The highest BCUT2D eigenvalue weighted by molar-refractivity contribution is 5.06. The highest BCUT2D eigenvalue weighted by atomic mass is 15.3. The summed E-state index contributed by atoms with van der Waals surface area (Å²) in [4.78, 5) is 2.64. The fourth-order valence-electron chi connectivity index (χ4n) is 3.09. The van der Waals surface area contributed by atoms with E-state index in [1.54, 1.807) is 0 Å². The average molecular weight is 278 g/mol. The molecule has 2 unspecified atom stereocenters. The van der Waals surface area contributed by atoms with Crippen molar-refractivity contribution in [3.8, 4) is 0 Å². The molecule has 1 saturated heterocycles. The number of rotatable bonds is 5. The maximum absolute atomic E-state index is 4.40. The van der Waals surface area contributed by atoms with Gasteiger partial charge in [-0.15, -0.1) is 0 Å². The van der Waals surface area contributed by atoms with E-state index in [1.165, 1.54) is 12.0 Å². The molecule has 2 atom stereocenters. The Labute approximate surface area is 123 Å². The summed E-state index contributed by atoms with van der Waals surface area (Å²) in [6.45, 7) is 15.5. The van der Waals surface area contributed by atoms with Crippen LogP contribution in [-0.4, -0.2) is 39.4 Å². The first kappa shape index (κ1) is 15.5. The van der Waals surface area contributed by atoms with Gasteiger partial charge < -0.3 is 5.32 Å². The van der Waals surface area contributed by atoms with Crippen LogP contribution < -0.4 is 5.32 Å². The number of aryl methyl sites for hydroxylation is 1. The van der Waals surface area contributed by atoms with Gasteiger partial charge in [0.25, 0.3) is 0 Å². The number of hydrogen-bond acceptors (Lipinski definition) is 3. The van der Waals surface area contributed by atoms with Crippen LogP contribution in [0.3, 0.4) is 0 Å². The van der Waals surface area contributed by atoms with E-state index >= 15 is 0 Å². The van der Waals surface area contributed by atoms with Crippen LogP contribution in [0.4, 0.5) is 0 Å². The summed E-state index contributed by atoms with van der Waals surface area (Å²) in [7, 11) is 0. The van der Waals surface area contributed by atoms with Gasteiger partial charge in [0, 0.05) is 49.5 Å². The third-order valence-corrected chi connectivity index (χ3v) is 4.55. The van der Waals surface area contributed by atoms with Crippen molar-refractivity contribution in [1.29, 1.82) is 0 Å². The average Bonchev–Trinajstić information content (AvgIpc) is 2.85. The standard InChI is InChI=1S/C16H30N4/c1-6-13(3)15-9-17-16(4,5)12-19(15)10-14-8-18-20(7-2)11-14/h8,11,13,15,17H,6-7,9-10,12H2,1-5H3. The van der Waals surface area contributed by atoms with Crippen LogP contribution in [0.15, 0.2) is 12.4 Å². The van der Waals surface area contributed by atoms with Gasteiger partial charge in [-0.25, -0.2) is 0 Å². The van der Waals surface area contributed by atoms with Crippen molar-refractivity contribution in [3.63, 3.8) is 0 Å². The second kappa shape index (κ2) is 6.27. The molecule has 20 heavy (non-hydrogen) atoms. The predicted octanol–water partition coefficient (Wildman–Crippen LogP) is 2.50. The monoisotopic (exact) mass is 278 g/mol. The number of nitrogens with one attached hydrogen (secondary N) is 1. The van der Waals surface area contributed by atoms with Gasteiger partial charge in [-0.3, -0.25) is 9.58 Å². The Hall–Kier alpha value is -0.870. The fourth-order valence-corrected chi connectivity index (χ4v) is 3.09. The summed E-state index contributed by atoms with van der Waals surface area (Å²) >= 11 is 0. The molecular formula is C16H30N4. The first-order valence-corrected chi connectivity index (χ1v) is 7.95. The minimum atomic E-state index is 0.199. The van der Waals surface area contributed by atoms with Crippen molar-refractivity contribution in [3.05, 3.63) is 18.0 Å². The van der Waals surface area contributed by atoms with Crippen molar-refractivity contribution >= 4 is 0 Å². The molecule has 0 radical (unpaired) electrons. The second-order valence-corrected chi connectivity index (χ2v) is 6.83. The van der Waals surface area contributed by atoms with Crippen LogP contribution in [0.5, 0.6) is 0 Å². The van der Waals surface area contributed by atoms with E-state index in [1.807, 2.05) is 10.9 Å². The molecule has 0 aromatic carbocycles. The predicted molar refractivity (Wildman–Crippen MR) is 83.6 cm³/mol. The van der Waals surface area contributed by atoms with Gasteiger partial charge in [0.2, 0.25) is 0 Å². The third kappa shape index (κ3) is 3.61. The summed E-state index contributed by atoms with van der Waals surface area (Å²) in [6.07, 6.45) is 5.44. The summed E-state index contributed by atoms with van der Waals surface area (Å²) in [5, 5.41) is 8.09. The van der Waals surface area contributed by atoms with Gasteiger partial charge in [0.1, 0.15) is 0 Å². The topological polar surface area (TPSA) is 33.1 Å². The minimum Gasteiger partial charge on any atom is -0.309 e. The molecule has 1 aliphatic rings. The Morgan fingerprint density at radius 2 is 2.20 bits per heavy atom. The number of piperazine rings is 1. The lowest BCUT2D eigenvalue weighted by Gasteiger charge is -2.46. The van der Waals surface area contributed by atoms with E-state index in [4.69, 9.17) is 0 Å². The zero-order valence-electron chi connectivity index (χ0n) is 13.7. The molecule has 1 N–H and O–H groups in total. The maximum Gasteiger partial charge on any atom is 0.0534 e. The van der Waals surface area contributed by atoms with Crippen LogP contribution in [-0.2, 0) is 13.1 Å². The van der Waals surface area contributed by atoms with Crippen LogP contribution in [0.1, 0.15) is 46.6 Å². The third-order valence-electron chi connectivity index (χ3n) is 4.55. The molecule has 2 rings (SSSR count). The van der Waals surface area contributed by atoms with Crippen molar-refractivity contribution in [1.82, 2.24) is 20.0 Å². The Kier molecular flexibility index (Phi) is 4.86. The van der Waals surface area contributed by atoms with Crippen molar-refractivity contribution in [2.24, 2.45) is 5.92 Å². The molecule has 0 saturated carbocycles. The first-order chi connectivity index (χ1) is 9.45. The van der Waals surface area contributed by atoms with Gasteiger partial charge in [0.15, 0.2) is 0 Å². The highest BCUT2D eigenvalue weighted by Gasteiger charge is 2.34. The first-order valence-electron chi connectivity index (χ1n) is 7.95. The van der Waals surface area contributed by atoms with E-state index in [9.17, 15) is 0 Å². The van der Waals surface area contributed by atoms with Gasteiger partial charge in [-0.2, -0.15) is 5.10 Å². The molecule has 2 heterocycles. The lowest BCUT2D eigenvalue weighted by molar-refractivity contribution is 0.0571. The number of nitrogens with zero attached hydrogens (tertiary/aromatic N) is 3. The molecule has 4 heteroatoms. The molecule has 1 fully saturated rings. The summed E-state index contributed by atoms with van der Waals surface area (Å²) in [5.41, 5.74) is 1.53. The molecule has 4 nitrogen and oxygen atoms in total. The van der Waals surface area contributed by atoms with Crippen LogP contribution in [0, 0.1) is 5.92 Å². The molecule has 0 bridgehead atoms. The van der Waals surface area contributed by atoms with E-state index in [0.717, 1.165) is 32.1 Å². The van der Waals surface area contributed by atoms with Crippen LogP contribution in [0.2, 0.25) is 0 Å². The van der Waals surface area contributed by atoms with Crippen LogP contribution in [0.25, 0.3) is 0 Å². The number of aromatic nitrogens is 2. The summed E-state index contributed by atoms with van der Waals surface area (Å²) in [6, 6.07) is 0.623. The zero-order chi connectivity index (χ0) is 14.8. The Bertz CT molecular complexity index is 424. The molecule has 0 spiro atoms. The Morgan fingerprint density at radius 3 is 2.80 bits per heavy atom. The highest BCUT2D eigenvalue weighted by Crippen LogP contribution is 2.24. The molecule has 0 aliphatic carbocycles. The smallest absolute Gasteiger partial charge is 0.0534 e. The Morgan fingerprint density at radius 1 is 1.45 bits per heavy atom. The van der Waals surface area contributed by atoms with E-state index < -0.39 is 0 Å². The summed E-state index contributed by atoms with van der Waals surface area (Å²) in [5.74, 6) is 0.722. The van der Waals surface area contributed by atoms with E-state index in [-0.39, 0.29) is 5.54 Å². The van der Waals surface area contributed by atoms with Crippen molar-refractivity contribution in [2.75, 3.05) is 13.1 Å². The molecule has 1 aromatic rings. The quantitative estimate of drug-likeness (QED) is 0.898. The molecule has 1 aliphatic heterocycles. The lowest BCUT2D eigenvalue weighted by Crippen LogP contribution is -2.62. The second-order valence-electron chi connectivity index (χ2n) is 6.83. The molecule has 1 aromatic heterocycles. The summed E-state index contributed by atoms with van der Waals surface area (Å²) < 4.78 is 2.01. The molecular weight excluding hydrogens is 248 g/mol. The van der Waals surface area contributed by atoms with E-state index in [2.05, 4.69) is 56.1 Å². The maximum atomic E-state index is 4.40. The van der Waals surface area contributed by atoms with Crippen molar-refractivity contribution < 1.29 is 0 Å². The van der Waals surface area contributed by atoms with Gasteiger partial charge in [-0.05, 0) is 26.7 Å². The van der Waals surface area contributed by atoms with E-state index in [0.29, 0.717) is 6.04 Å². The molecule has 0 amide bonds. The van der Waals surface area contributed by atoms with Gasteiger partial charge >= 0.3 is 0 Å². The van der Waals surface area contributed by atoms with Crippen LogP contribution >= 0.6 is 0 Å². The lowest BCUT2D eigenvalue weighted by atomic mass is 9.90. The largest absolute Gasteiger partial charge is 0.309 e. The van der Waals surface area contributed by atoms with Gasteiger partial charge in [0.05, 0.1) is 6.20 Å². The van der Waals surface area contributed by atoms with Gasteiger partial charge in [-0.1, -0.05) is 20.3 Å².